The fourth-order valence-corrected chi connectivity index (χ4v) is 5.19. The van der Waals surface area contributed by atoms with Crippen molar-refractivity contribution < 1.29 is 5.94 Å². The predicted molar refractivity (Wildman–Crippen MR) is 124 cm³/mol. The summed E-state index contributed by atoms with van der Waals surface area (Å²) in [6, 6.07) is 12.3. The highest BCUT2D eigenvalue weighted by Crippen LogP contribution is 2.34. The van der Waals surface area contributed by atoms with Crippen LogP contribution >= 0.6 is 0 Å². The summed E-state index contributed by atoms with van der Waals surface area (Å²) in [5, 5.41) is 2.32. The van der Waals surface area contributed by atoms with Crippen molar-refractivity contribution in [2.45, 2.75) is 72.6 Å². The molecule has 0 atom stereocenters. The van der Waals surface area contributed by atoms with Crippen LogP contribution in [0.1, 0.15) is 68.8 Å². The zero-order valence-electron chi connectivity index (χ0n) is 19.9. The zero-order valence-corrected chi connectivity index (χ0v) is 18.9. The van der Waals surface area contributed by atoms with Crippen molar-refractivity contribution >= 4 is 10.8 Å². The molecule has 0 amide bonds. The van der Waals surface area contributed by atoms with Crippen molar-refractivity contribution in [3.05, 3.63) is 64.3 Å². The number of hydrogen-bond acceptors (Lipinski definition) is 0. The SMILES string of the molecule is [2H]c1c(C)[n+](C)c(-c2cc(CC)cc(CC)c2C)c2ccc(CC3CCCC3)cc12. The van der Waals surface area contributed by atoms with Gasteiger partial charge < -0.3 is 0 Å². The smallest absolute Gasteiger partial charge is 0.198 e. The summed E-state index contributed by atoms with van der Waals surface area (Å²) in [4.78, 5) is 0. The lowest BCUT2D eigenvalue weighted by Crippen LogP contribution is -2.35. The lowest BCUT2D eigenvalue weighted by Gasteiger charge is -2.15. The van der Waals surface area contributed by atoms with Crippen LogP contribution in [0.2, 0.25) is 0 Å². The molecule has 3 aromatic rings. The normalized spacial score (nSPS) is 15.3. The van der Waals surface area contributed by atoms with Gasteiger partial charge in [0.1, 0.15) is 7.05 Å². The number of nitrogens with zero attached hydrogens (tertiary/aromatic N) is 1. The largest absolute Gasteiger partial charge is 0.220 e. The Morgan fingerprint density at radius 2 is 1.76 bits per heavy atom. The Bertz CT molecular complexity index is 1090. The van der Waals surface area contributed by atoms with Crippen LogP contribution in [-0.4, -0.2) is 0 Å². The average Bonchev–Trinajstić information content (AvgIpc) is 3.26. The van der Waals surface area contributed by atoms with E-state index in [-0.39, 0.29) is 0 Å². The molecule has 0 radical (unpaired) electrons. The van der Waals surface area contributed by atoms with Gasteiger partial charge in [0, 0.05) is 13.0 Å². The first-order valence-electron chi connectivity index (χ1n) is 12.0. The highest BCUT2D eigenvalue weighted by atomic mass is 14.9. The highest BCUT2D eigenvalue weighted by molar-refractivity contribution is 5.94. The van der Waals surface area contributed by atoms with Crippen molar-refractivity contribution in [3.8, 4) is 11.3 Å². The standard InChI is InChI=1S/C28H36N/c1-6-21-16-24(7-2)20(4)27(18-21)28-26-13-12-23(15-22-10-8-9-11-22)17-25(26)14-19(3)29(28)5/h12-14,16-18,22H,6-11,15H2,1-5H3/q+1/i14D. The summed E-state index contributed by atoms with van der Waals surface area (Å²) >= 11 is 0. The number of benzene rings is 2. The maximum Gasteiger partial charge on any atom is 0.220 e. The highest BCUT2D eigenvalue weighted by Gasteiger charge is 2.22. The van der Waals surface area contributed by atoms with Gasteiger partial charge in [0.25, 0.3) is 0 Å². The van der Waals surface area contributed by atoms with Crippen LogP contribution < -0.4 is 4.57 Å². The molecule has 0 unspecified atom stereocenters. The molecule has 1 aliphatic rings. The Balaban J connectivity index is 1.94. The third-order valence-electron chi connectivity index (χ3n) is 7.11. The van der Waals surface area contributed by atoms with Crippen LogP contribution in [0, 0.1) is 19.8 Å². The summed E-state index contributed by atoms with van der Waals surface area (Å²) in [5.74, 6) is 0.826. The van der Waals surface area contributed by atoms with Gasteiger partial charge in [-0.3, -0.25) is 0 Å². The second kappa shape index (κ2) is 8.30. The Labute approximate surface area is 178 Å². The van der Waals surface area contributed by atoms with Crippen molar-refractivity contribution in [3.63, 3.8) is 0 Å². The molecule has 1 fully saturated rings. The van der Waals surface area contributed by atoms with Crippen molar-refractivity contribution in [2.24, 2.45) is 13.0 Å². The van der Waals surface area contributed by atoms with Crippen molar-refractivity contribution in [2.75, 3.05) is 0 Å². The summed E-state index contributed by atoms with van der Waals surface area (Å²) in [7, 11) is 2.12. The minimum absolute atomic E-state index is 0.671. The molecule has 1 saturated carbocycles. The molecule has 1 heterocycles. The van der Waals surface area contributed by atoms with E-state index in [2.05, 4.69) is 69.6 Å². The number of pyridine rings is 1. The van der Waals surface area contributed by atoms with Gasteiger partial charge in [-0.05, 0) is 71.9 Å². The van der Waals surface area contributed by atoms with E-state index in [0.29, 0.717) is 6.04 Å². The second-order valence-corrected chi connectivity index (χ2v) is 8.99. The quantitative estimate of drug-likeness (QED) is 0.424. The Morgan fingerprint density at radius 3 is 2.45 bits per heavy atom. The van der Waals surface area contributed by atoms with Gasteiger partial charge in [-0.15, -0.1) is 0 Å². The van der Waals surface area contributed by atoms with Crippen LogP contribution in [0.5, 0.6) is 0 Å². The predicted octanol–water partition coefficient (Wildman–Crippen LogP) is 6.81. The minimum atomic E-state index is 0.671. The number of aromatic nitrogens is 1. The first-order chi connectivity index (χ1) is 14.4. The third-order valence-corrected chi connectivity index (χ3v) is 7.11. The summed E-state index contributed by atoms with van der Waals surface area (Å²) in [5.41, 5.74) is 9.22. The van der Waals surface area contributed by atoms with Crippen molar-refractivity contribution in [1.82, 2.24) is 0 Å². The molecule has 0 aliphatic heterocycles. The molecule has 152 valence electrons. The monoisotopic (exact) mass is 387 g/mol. The van der Waals surface area contributed by atoms with E-state index in [1.54, 1.807) is 0 Å². The molecule has 4 rings (SSSR count). The van der Waals surface area contributed by atoms with Crippen molar-refractivity contribution in [1.29, 1.82) is 0 Å². The van der Waals surface area contributed by atoms with Crippen LogP contribution in [0.25, 0.3) is 22.0 Å². The number of rotatable bonds is 5. The Kier molecular flexibility index (Phi) is 5.40. The lowest BCUT2D eigenvalue weighted by atomic mass is 9.90. The minimum Gasteiger partial charge on any atom is -0.198 e. The third kappa shape index (κ3) is 3.84. The van der Waals surface area contributed by atoms with E-state index >= 15 is 0 Å². The molecule has 1 aromatic heterocycles. The van der Waals surface area contributed by atoms with E-state index in [1.807, 2.05) is 0 Å². The first-order valence-corrected chi connectivity index (χ1v) is 11.5. The van der Waals surface area contributed by atoms with E-state index in [1.165, 1.54) is 64.6 Å². The van der Waals surface area contributed by atoms with Gasteiger partial charge in [-0.2, -0.15) is 4.57 Å². The van der Waals surface area contributed by atoms with Crippen LogP contribution in [-0.2, 0) is 26.3 Å². The Hall–Kier alpha value is -2.15. The molecular formula is C28H36N+. The molecule has 0 spiro atoms. The molecule has 0 saturated heterocycles. The first kappa shape index (κ1) is 18.9. The van der Waals surface area contributed by atoms with Crippen LogP contribution in [0.3, 0.4) is 0 Å². The number of aryl methyl sites for hydroxylation is 2. The molecule has 0 N–H and O–H groups in total. The topological polar surface area (TPSA) is 3.88 Å². The second-order valence-electron chi connectivity index (χ2n) is 8.99. The van der Waals surface area contributed by atoms with Gasteiger partial charge >= 0.3 is 0 Å². The Morgan fingerprint density at radius 1 is 1.00 bits per heavy atom. The molecule has 0 bridgehead atoms. The van der Waals surface area contributed by atoms with Gasteiger partial charge in [-0.1, -0.05) is 57.7 Å². The maximum atomic E-state index is 8.86. The molecule has 1 nitrogen and oxygen atoms in total. The van der Waals surface area contributed by atoms with Gasteiger partial charge in [0.05, 0.1) is 12.3 Å². The van der Waals surface area contributed by atoms with Crippen LogP contribution in [0.4, 0.5) is 0 Å². The summed E-state index contributed by atoms with van der Waals surface area (Å²) in [6.07, 6.45) is 8.75. The summed E-state index contributed by atoms with van der Waals surface area (Å²) < 4.78 is 11.1. The van der Waals surface area contributed by atoms with E-state index < -0.39 is 0 Å². The van der Waals surface area contributed by atoms with Gasteiger partial charge in [0.2, 0.25) is 5.69 Å². The zero-order chi connectivity index (χ0) is 21.4. The number of hydrogen-bond donors (Lipinski definition) is 0. The molecule has 1 aliphatic carbocycles. The van der Waals surface area contributed by atoms with E-state index in [4.69, 9.17) is 1.37 Å². The van der Waals surface area contributed by atoms with E-state index in [0.717, 1.165) is 36.3 Å². The van der Waals surface area contributed by atoms with Gasteiger partial charge in [-0.25, -0.2) is 0 Å². The van der Waals surface area contributed by atoms with Crippen LogP contribution in [0.15, 0.2) is 36.4 Å². The molecular weight excluding hydrogens is 350 g/mol. The summed E-state index contributed by atoms with van der Waals surface area (Å²) in [6.45, 7) is 8.84. The lowest BCUT2D eigenvalue weighted by molar-refractivity contribution is -0.665. The van der Waals surface area contributed by atoms with E-state index in [9.17, 15) is 0 Å². The molecule has 1 heteroatoms. The number of fused-ring (bicyclic) bond motifs is 1. The fourth-order valence-electron chi connectivity index (χ4n) is 5.19. The van der Waals surface area contributed by atoms with Gasteiger partial charge in [0.15, 0.2) is 5.69 Å². The molecule has 2 aromatic carbocycles. The fraction of sp³-hybridized carbons (Fsp3) is 0.464. The maximum absolute atomic E-state index is 8.86. The molecule has 29 heavy (non-hydrogen) atoms. The average molecular weight is 388 g/mol.